The lowest BCUT2D eigenvalue weighted by Crippen LogP contribution is -1.98. The molecule has 1 aromatic carbocycles. The molecule has 0 bridgehead atoms. The van der Waals surface area contributed by atoms with Crippen molar-refractivity contribution < 1.29 is 0 Å². The summed E-state index contributed by atoms with van der Waals surface area (Å²) < 4.78 is 1.86. The van der Waals surface area contributed by atoms with Crippen molar-refractivity contribution in [2.24, 2.45) is 0 Å². The molecule has 0 atom stereocenters. The molecule has 2 heterocycles. The first-order chi connectivity index (χ1) is 8.65. The number of aromatic nitrogens is 4. The Morgan fingerprint density at radius 2 is 1.78 bits per heavy atom. The number of nitrogens with zero attached hydrogens (tertiary/aromatic N) is 4. The average Bonchev–Trinajstić information content (AvgIpc) is 2.73. The lowest BCUT2D eigenvalue weighted by Gasteiger charge is -2.04. The molecule has 0 unspecified atom stereocenters. The van der Waals surface area contributed by atoms with Gasteiger partial charge in [0.2, 0.25) is 0 Å². The van der Waals surface area contributed by atoms with E-state index >= 15 is 0 Å². The van der Waals surface area contributed by atoms with Crippen LogP contribution < -0.4 is 0 Å². The van der Waals surface area contributed by atoms with Crippen molar-refractivity contribution >= 4 is 11.0 Å². The maximum absolute atomic E-state index is 4.23. The predicted octanol–water partition coefficient (Wildman–Crippen LogP) is 2.74. The number of rotatable bonds is 1. The zero-order valence-electron chi connectivity index (χ0n) is 10.7. The van der Waals surface area contributed by atoms with Gasteiger partial charge in [-0.3, -0.25) is 4.98 Å². The molecule has 0 saturated heterocycles. The molecule has 4 heteroatoms. The van der Waals surface area contributed by atoms with Gasteiger partial charge >= 0.3 is 0 Å². The van der Waals surface area contributed by atoms with E-state index in [0.717, 1.165) is 22.4 Å². The highest BCUT2D eigenvalue weighted by Gasteiger charge is 2.08. The summed E-state index contributed by atoms with van der Waals surface area (Å²) in [6.07, 6.45) is 1.79. The van der Waals surface area contributed by atoms with E-state index in [0.29, 0.717) is 0 Å². The average molecular weight is 238 g/mol. The van der Waals surface area contributed by atoms with Crippen LogP contribution in [0.4, 0.5) is 0 Å². The number of pyridine rings is 1. The van der Waals surface area contributed by atoms with E-state index in [2.05, 4.69) is 41.3 Å². The second kappa shape index (κ2) is 3.91. The molecule has 0 aliphatic heterocycles. The minimum absolute atomic E-state index is 0.924. The molecule has 0 radical (unpaired) electrons. The number of hydrogen-bond donors (Lipinski definition) is 0. The molecule has 0 aliphatic carbocycles. The molecule has 2 aromatic heterocycles. The van der Waals surface area contributed by atoms with Crippen LogP contribution in [-0.4, -0.2) is 20.0 Å². The van der Waals surface area contributed by atoms with Crippen LogP contribution in [0.25, 0.3) is 16.7 Å². The van der Waals surface area contributed by atoms with Crippen molar-refractivity contribution in [3.63, 3.8) is 0 Å². The molecular weight excluding hydrogens is 224 g/mol. The van der Waals surface area contributed by atoms with Crippen LogP contribution in [0.15, 0.2) is 30.5 Å². The van der Waals surface area contributed by atoms with E-state index in [9.17, 15) is 0 Å². The summed E-state index contributed by atoms with van der Waals surface area (Å²) in [5.74, 6) is 0. The molecule has 0 fully saturated rings. The second-order valence-electron chi connectivity index (χ2n) is 4.58. The fourth-order valence-corrected chi connectivity index (χ4v) is 2.03. The first-order valence-corrected chi connectivity index (χ1v) is 5.91. The van der Waals surface area contributed by atoms with Crippen LogP contribution in [0.3, 0.4) is 0 Å². The van der Waals surface area contributed by atoms with E-state index in [1.165, 1.54) is 11.1 Å². The Balaban J connectivity index is 2.27. The molecule has 0 N–H and O–H groups in total. The van der Waals surface area contributed by atoms with Crippen LogP contribution in [-0.2, 0) is 0 Å². The van der Waals surface area contributed by atoms with E-state index in [-0.39, 0.29) is 0 Å². The number of hydrogen-bond acceptors (Lipinski definition) is 3. The predicted molar refractivity (Wildman–Crippen MR) is 70.9 cm³/mol. The van der Waals surface area contributed by atoms with Gasteiger partial charge in [0, 0.05) is 11.9 Å². The molecule has 0 amide bonds. The van der Waals surface area contributed by atoms with Crippen LogP contribution >= 0.6 is 0 Å². The molecule has 18 heavy (non-hydrogen) atoms. The van der Waals surface area contributed by atoms with E-state index in [1.807, 2.05) is 23.7 Å². The van der Waals surface area contributed by atoms with Crippen LogP contribution in [0.2, 0.25) is 0 Å². The van der Waals surface area contributed by atoms with Gasteiger partial charge in [-0.1, -0.05) is 5.21 Å². The van der Waals surface area contributed by atoms with Crippen molar-refractivity contribution in [2.45, 2.75) is 20.8 Å². The van der Waals surface area contributed by atoms with E-state index in [4.69, 9.17) is 0 Å². The van der Waals surface area contributed by atoms with Gasteiger partial charge < -0.3 is 0 Å². The minimum atomic E-state index is 0.924. The quantitative estimate of drug-likeness (QED) is 0.654. The monoisotopic (exact) mass is 238 g/mol. The number of aryl methyl sites for hydroxylation is 3. The topological polar surface area (TPSA) is 43.6 Å². The lowest BCUT2D eigenvalue weighted by molar-refractivity contribution is 0.820. The first-order valence-electron chi connectivity index (χ1n) is 5.91. The summed E-state index contributed by atoms with van der Waals surface area (Å²) in [5.41, 5.74) is 6.40. The summed E-state index contributed by atoms with van der Waals surface area (Å²) in [4.78, 5) is 4.20. The fraction of sp³-hybridized carbons (Fsp3) is 0.214. The lowest BCUT2D eigenvalue weighted by atomic mass is 10.1. The van der Waals surface area contributed by atoms with Gasteiger partial charge in [0.1, 0.15) is 5.52 Å². The number of benzene rings is 1. The Morgan fingerprint density at radius 1 is 1.00 bits per heavy atom. The van der Waals surface area contributed by atoms with Crippen LogP contribution in [0.1, 0.15) is 16.8 Å². The highest BCUT2D eigenvalue weighted by atomic mass is 15.4. The van der Waals surface area contributed by atoms with Gasteiger partial charge in [-0.05, 0) is 56.2 Å². The summed E-state index contributed by atoms with van der Waals surface area (Å²) in [7, 11) is 0. The SMILES string of the molecule is Cc1cc(-n2nnc3cc(C)c(C)cc32)ccn1. The third-order valence-corrected chi connectivity index (χ3v) is 3.19. The maximum Gasteiger partial charge on any atom is 0.113 e. The van der Waals surface area contributed by atoms with Crippen molar-refractivity contribution in [3.8, 4) is 5.69 Å². The van der Waals surface area contributed by atoms with Gasteiger partial charge in [-0.25, -0.2) is 4.68 Å². The summed E-state index contributed by atoms with van der Waals surface area (Å²) in [6.45, 7) is 6.16. The smallest absolute Gasteiger partial charge is 0.113 e. The molecule has 0 spiro atoms. The highest BCUT2D eigenvalue weighted by molar-refractivity contribution is 5.78. The standard InChI is InChI=1S/C14H14N4/c1-9-6-13-14(7-10(9)2)18(17-16-13)12-4-5-15-11(3)8-12/h4-8H,1-3H3. The molecule has 90 valence electrons. The number of fused-ring (bicyclic) bond motifs is 1. The fourth-order valence-electron chi connectivity index (χ4n) is 2.03. The summed E-state index contributed by atoms with van der Waals surface area (Å²) in [6, 6.07) is 8.14. The van der Waals surface area contributed by atoms with E-state index in [1.54, 1.807) is 6.20 Å². The molecule has 3 aromatic rings. The third-order valence-electron chi connectivity index (χ3n) is 3.19. The van der Waals surface area contributed by atoms with Gasteiger partial charge in [-0.15, -0.1) is 5.10 Å². The van der Waals surface area contributed by atoms with Crippen molar-refractivity contribution in [1.29, 1.82) is 0 Å². The summed E-state index contributed by atoms with van der Waals surface area (Å²) >= 11 is 0. The molecule has 4 nitrogen and oxygen atoms in total. The largest absolute Gasteiger partial charge is 0.261 e. The zero-order chi connectivity index (χ0) is 12.7. The molecule has 3 rings (SSSR count). The normalized spacial score (nSPS) is 11.1. The van der Waals surface area contributed by atoms with Crippen LogP contribution in [0.5, 0.6) is 0 Å². The Morgan fingerprint density at radius 3 is 2.56 bits per heavy atom. The van der Waals surface area contributed by atoms with Gasteiger partial charge in [0.15, 0.2) is 0 Å². The van der Waals surface area contributed by atoms with Crippen LogP contribution in [0, 0.1) is 20.8 Å². The minimum Gasteiger partial charge on any atom is -0.261 e. The van der Waals surface area contributed by atoms with E-state index < -0.39 is 0 Å². The second-order valence-corrected chi connectivity index (χ2v) is 4.58. The van der Waals surface area contributed by atoms with Crippen molar-refractivity contribution in [3.05, 3.63) is 47.3 Å². The zero-order valence-corrected chi connectivity index (χ0v) is 10.7. The third kappa shape index (κ3) is 1.66. The first kappa shape index (κ1) is 10.9. The Kier molecular flexibility index (Phi) is 2.37. The van der Waals surface area contributed by atoms with Gasteiger partial charge in [-0.2, -0.15) is 0 Å². The molecule has 0 aliphatic rings. The summed E-state index contributed by atoms with van der Waals surface area (Å²) in [5, 5.41) is 8.45. The van der Waals surface area contributed by atoms with Gasteiger partial charge in [0.25, 0.3) is 0 Å². The van der Waals surface area contributed by atoms with Crippen molar-refractivity contribution in [1.82, 2.24) is 20.0 Å². The Hall–Kier alpha value is -2.23. The van der Waals surface area contributed by atoms with Gasteiger partial charge in [0.05, 0.1) is 11.2 Å². The Bertz CT molecular complexity index is 728. The highest BCUT2D eigenvalue weighted by Crippen LogP contribution is 2.20. The molecular formula is C14H14N4. The molecule has 0 saturated carbocycles. The van der Waals surface area contributed by atoms with Crippen molar-refractivity contribution in [2.75, 3.05) is 0 Å². The maximum atomic E-state index is 4.23. The Labute approximate surface area is 105 Å².